The number of hydrogen-bond donors (Lipinski definition) is 3. The van der Waals surface area contributed by atoms with Crippen LogP contribution in [0.3, 0.4) is 0 Å². The van der Waals surface area contributed by atoms with Crippen molar-refractivity contribution in [2.75, 3.05) is 18.4 Å². The molecule has 5 nitrogen and oxygen atoms in total. The Bertz CT molecular complexity index is 632. The third-order valence-corrected chi connectivity index (χ3v) is 3.52. The molecular formula is C14H16BF3N2O3. The van der Waals surface area contributed by atoms with Gasteiger partial charge in [-0.05, 0) is 30.1 Å². The SMILES string of the molecule is Cc1ccc(NC(=O)N2CC=C(CC(F)(F)F)C2)cc1B(O)O. The second-order valence-corrected chi connectivity index (χ2v) is 5.41. The molecule has 0 radical (unpaired) electrons. The van der Waals surface area contributed by atoms with E-state index >= 15 is 0 Å². The van der Waals surface area contributed by atoms with Crippen LogP contribution in [-0.4, -0.2) is 47.4 Å². The fraction of sp³-hybridized carbons (Fsp3) is 0.357. The van der Waals surface area contributed by atoms with Crippen molar-refractivity contribution >= 4 is 24.3 Å². The highest BCUT2D eigenvalue weighted by atomic mass is 19.4. The second-order valence-electron chi connectivity index (χ2n) is 5.41. The third-order valence-electron chi connectivity index (χ3n) is 3.52. The normalized spacial score (nSPS) is 14.7. The van der Waals surface area contributed by atoms with Crippen molar-refractivity contribution < 1.29 is 28.0 Å². The molecule has 1 aromatic carbocycles. The van der Waals surface area contributed by atoms with E-state index in [1.165, 1.54) is 17.0 Å². The second kappa shape index (κ2) is 6.63. The Morgan fingerprint density at radius 1 is 1.39 bits per heavy atom. The van der Waals surface area contributed by atoms with Crippen LogP contribution in [0.2, 0.25) is 0 Å². The van der Waals surface area contributed by atoms with Gasteiger partial charge in [-0.15, -0.1) is 0 Å². The van der Waals surface area contributed by atoms with Crippen LogP contribution in [0.25, 0.3) is 0 Å². The van der Waals surface area contributed by atoms with E-state index in [0.29, 0.717) is 11.3 Å². The average molecular weight is 328 g/mol. The Morgan fingerprint density at radius 3 is 2.70 bits per heavy atom. The lowest BCUT2D eigenvalue weighted by Crippen LogP contribution is -2.35. The minimum absolute atomic E-state index is 0.0767. The lowest BCUT2D eigenvalue weighted by molar-refractivity contribution is -0.127. The molecule has 1 aliphatic heterocycles. The van der Waals surface area contributed by atoms with Crippen LogP contribution < -0.4 is 10.8 Å². The standard InChI is InChI=1S/C14H16BF3N2O3/c1-9-2-3-11(6-12(9)15(22)23)19-13(21)20-5-4-10(8-20)7-14(16,17)18/h2-4,6,22-23H,5,7-8H2,1H3,(H,19,21). The van der Waals surface area contributed by atoms with Gasteiger partial charge < -0.3 is 20.3 Å². The molecule has 124 valence electrons. The first-order valence-corrected chi connectivity index (χ1v) is 6.93. The van der Waals surface area contributed by atoms with Crippen LogP contribution in [0.5, 0.6) is 0 Å². The Morgan fingerprint density at radius 2 is 2.09 bits per heavy atom. The summed E-state index contributed by atoms with van der Waals surface area (Å²) in [5.41, 5.74) is 1.39. The number of carbonyl (C=O) groups is 1. The van der Waals surface area contributed by atoms with E-state index in [1.807, 2.05) is 0 Å². The van der Waals surface area contributed by atoms with E-state index in [9.17, 15) is 28.0 Å². The number of halogens is 3. The number of anilines is 1. The van der Waals surface area contributed by atoms with Gasteiger partial charge in [-0.25, -0.2) is 4.79 Å². The molecule has 0 bridgehead atoms. The van der Waals surface area contributed by atoms with Crippen LogP contribution in [-0.2, 0) is 0 Å². The number of rotatable bonds is 3. The fourth-order valence-electron chi connectivity index (χ4n) is 2.35. The number of aryl methyl sites for hydroxylation is 1. The maximum Gasteiger partial charge on any atom is 0.488 e. The number of nitrogens with zero attached hydrogens (tertiary/aromatic N) is 1. The number of nitrogens with one attached hydrogen (secondary N) is 1. The molecule has 0 unspecified atom stereocenters. The molecule has 0 fully saturated rings. The van der Waals surface area contributed by atoms with Gasteiger partial charge in [0.15, 0.2) is 0 Å². The van der Waals surface area contributed by atoms with E-state index in [4.69, 9.17) is 0 Å². The Kier molecular flexibility index (Phi) is 5.01. The molecule has 0 atom stereocenters. The zero-order valence-electron chi connectivity index (χ0n) is 12.4. The van der Waals surface area contributed by atoms with Gasteiger partial charge in [-0.2, -0.15) is 13.2 Å². The van der Waals surface area contributed by atoms with Crippen molar-refractivity contribution in [3.05, 3.63) is 35.4 Å². The molecule has 2 rings (SSSR count). The monoisotopic (exact) mass is 328 g/mol. The molecule has 0 aliphatic carbocycles. The Labute approximate surface area is 131 Å². The first kappa shape index (κ1) is 17.4. The highest BCUT2D eigenvalue weighted by molar-refractivity contribution is 6.59. The van der Waals surface area contributed by atoms with Gasteiger partial charge in [0.25, 0.3) is 0 Å². The molecule has 1 aromatic rings. The molecule has 0 spiro atoms. The molecule has 0 saturated heterocycles. The van der Waals surface area contributed by atoms with E-state index in [2.05, 4.69) is 5.32 Å². The molecule has 3 N–H and O–H groups in total. The summed E-state index contributed by atoms with van der Waals surface area (Å²) in [4.78, 5) is 13.3. The predicted molar refractivity (Wildman–Crippen MR) is 80.4 cm³/mol. The van der Waals surface area contributed by atoms with Gasteiger partial charge in [0, 0.05) is 18.8 Å². The summed E-state index contributed by atoms with van der Waals surface area (Å²) in [7, 11) is -1.67. The zero-order chi connectivity index (χ0) is 17.2. The topological polar surface area (TPSA) is 72.8 Å². The van der Waals surface area contributed by atoms with Gasteiger partial charge in [0.05, 0.1) is 6.42 Å². The Balaban J connectivity index is 1.98. The highest BCUT2D eigenvalue weighted by Gasteiger charge is 2.32. The predicted octanol–water partition coefficient (Wildman–Crippen LogP) is 1.40. The van der Waals surface area contributed by atoms with Crippen molar-refractivity contribution in [2.24, 2.45) is 0 Å². The Hall–Kier alpha value is -2.00. The minimum atomic E-state index is -4.29. The van der Waals surface area contributed by atoms with Gasteiger partial charge in [0.2, 0.25) is 0 Å². The molecule has 0 aromatic heterocycles. The van der Waals surface area contributed by atoms with E-state index in [1.54, 1.807) is 19.1 Å². The molecule has 9 heteroatoms. The van der Waals surface area contributed by atoms with Crippen molar-refractivity contribution in [1.82, 2.24) is 4.90 Å². The molecule has 2 amide bonds. The first-order chi connectivity index (χ1) is 10.7. The summed E-state index contributed by atoms with van der Waals surface area (Å²) in [6.45, 7) is 1.72. The number of hydrogen-bond acceptors (Lipinski definition) is 3. The van der Waals surface area contributed by atoms with Crippen LogP contribution >= 0.6 is 0 Å². The van der Waals surface area contributed by atoms with E-state index in [0.717, 1.165) is 0 Å². The van der Waals surface area contributed by atoms with Gasteiger partial charge >= 0.3 is 19.3 Å². The average Bonchev–Trinajstić information content (AvgIpc) is 2.87. The summed E-state index contributed by atoms with van der Waals surface area (Å²) in [5, 5.41) is 21.0. The highest BCUT2D eigenvalue weighted by Crippen LogP contribution is 2.27. The van der Waals surface area contributed by atoms with Gasteiger partial charge in [0.1, 0.15) is 0 Å². The summed E-state index contributed by atoms with van der Waals surface area (Å²) >= 11 is 0. The van der Waals surface area contributed by atoms with Crippen LogP contribution in [0.15, 0.2) is 29.8 Å². The summed E-state index contributed by atoms with van der Waals surface area (Å²) in [6, 6.07) is 4.07. The number of carbonyl (C=O) groups excluding carboxylic acids is 1. The number of benzene rings is 1. The van der Waals surface area contributed by atoms with Crippen molar-refractivity contribution in [3.63, 3.8) is 0 Å². The van der Waals surface area contributed by atoms with E-state index in [-0.39, 0.29) is 24.1 Å². The summed E-state index contributed by atoms with van der Waals surface area (Å²) in [6.07, 6.45) is -3.92. The fourth-order valence-corrected chi connectivity index (χ4v) is 2.35. The lowest BCUT2D eigenvalue weighted by Gasteiger charge is -2.18. The third kappa shape index (κ3) is 4.74. The van der Waals surface area contributed by atoms with Crippen molar-refractivity contribution in [2.45, 2.75) is 19.5 Å². The molecule has 0 saturated carbocycles. The van der Waals surface area contributed by atoms with E-state index < -0.39 is 25.7 Å². The maximum atomic E-state index is 12.3. The first-order valence-electron chi connectivity index (χ1n) is 6.93. The largest absolute Gasteiger partial charge is 0.488 e. The maximum absolute atomic E-state index is 12.3. The van der Waals surface area contributed by atoms with Crippen molar-refractivity contribution in [1.29, 1.82) is 0 Å². The number of amides is 2. The van der Waals surface area contributed by atoms with Crippen LogP contribution in [0, 0.1) is 6.92 Å². The number of urea groups is 1. The minimum Gasteiger partial charge on any atom is -0.423 e. The van der Waals surface area contributed by atoms with Crippen molar-refractivity contribution in [3.8, 4) is 0 Å². The molecule has 23 heavy (non-hydrogen) atoms. The quantitative estimate of drug-likeness (QED) is 0.580. The van der Waals surface area contributed by atoms with Gasteiger partial charge in [-0.1, -0.05) is 17.7 Å². The van der Waals surface area contributed by atoms with Crippen LogP contribution in [0.4, 0.5) is 23.7 Å². The zero-order valence-corrected chi connectivity index (χ0v) is 12.4. The number of alkyl halides is 3. The summed E-state index contributed by atoms with van der Waals surface area (Å²) in [5.74, 6) is 0. The summed E-state index contributed by atoms with van der Waals surface area (Å²) < 4.78 is 37.0. The lowest BCUT2D eigenvalue weighted by atomic mass is 9.77. The van der Waals surface area contributed by atoms with Gasteiger partial charge in [-0.3, -0.25) is 0 Å². The molecular weight excluding hydrogens is 312 g/mol. The molecule has 1 heterocycles. The smallest absolute Gasteiger partial charge is 0.423 e. The van der Waals surface area contributed by atoms with Crippen LogP contribution in [0.1, 0.15) is 12.0 Å². The molecule has 1 aliphatic rings.